The average Bonchev–Trinajstić information content (AvgIpc) is 3.17. The summed E-state index contributed by atoms with van der Waals surface area (Å²) in [5, 5.41) is 3.31. The smallest absolute Gasteiger partial charge is 0.240 e. The number of benzene rings is 1. The Hall–Kier alpha value is -1.25. The van der Waals surface area contributed by atoms with Crippen LogP contribution in [0.2, 0.25) is 5.02 Å². The van der Waals surface area contributed by atoms with Crippen LogP contribution in [0.15, 0.2) is 40.6 Å². The number of thiazole rings is 1. The molecular weight excluding hydrogens is 384 g/mol. The lowest BCUT2D eigenvalue weighted by Crippen LogP contribution is -2.23. The third kappa shape index (κ3) is 3.70. The topological polar surface area (TPSA) is 59.1 Å². The van der Waals surface area contributed by atoms with Crippen LogP contribution < -0.4 is 4.72 Å². The summed E-state index contributed by atoms with van der Waals surface area (Å²) in [6.45, 7) is 3.85. The molecule has 0 aliphatic carbocycles. The van der Waals surface area contributed by atoms with Gasteiger partial charge in [-0.15, -0.1) is 22.7 Å². The van der Waals surface area contributed by atoms with Crippen molar-refractivity contribution in [3.8, 4) is 9.88 Å². The Bertz CT molecular complexity index is 963. The van der Waals surface area contributed by atoms with Gasteiger partial charge in [-0.1, -0.05) is 23.7 Å². The number of nitrogens with one attached hydrogen (secondary N) is 1. The zero-order valence-corrected chi connectivity index (χ0v) is 16.2. The number of hydrogen-bond donors (Lipinski definition) is 1. The fourth-order valence-corrected chi connectivity index (χ4v) is 5.59. The molecule has 0 aliphatic rings. The fraction of sp³-hybridized carbons (Fsp3) is 0.188. The Labute approximate surface area is 154 Å². The van der Waals surface area contributed by atoms with Gasteiger partial charge in [0.15, 0.2) is 0 Å². The van der Waals surface area contributed by atoms with Crippen LogP contribution in [0.1, 0.15) is 16.1 Å². The summed E-state index contributed by atoms with van der Waals surface area (Å²) >= 11 is 9.05. The van der Waals surface area contributed by atoms with E-state index >= 15 is 0 Å². The van der Waals surface area contributed by atoms with Gasteiger partial charge in [0, 0.05) is 16.4 Å². The second-order valence-electron chi connectivity index (χ2n) is 5.24. The van der Waals surface area contributed by atoms with Gasteiger partial charge in [-0.2, -0.15) is 0 Å². The third-order valence-electron chi connectivity index (χ3n) is 3.49. The predicted molar refractivity (Wildman–Crippen MR) is 100 cm³/mol. The Morgan fingerprint density at radius 2 is 2.04 bits per heavy atom. The minimum atomic E-state index is -3.63. The number of halogens is 1. The highest BCUT2D eigenvalue weighted by Crippen LogP contribution is 2.31. The zero-order valence-electron chi connectivity index (χ0n) is 13.0. The molecule has 24 heavy (non-hydrogen) atoms. The lowest BCUT2D eigenvalue weighted by molar-refractivity contribution is 0.581. The van der Waals surface area contributed by atoms with Gasteiger partial charge in [0.2, 0.25) is 10.0 Å². The molecule has 1 N–H and O–H groups in total. The normalized spacial score (nSPS) is 11.8. The molecule has 0 aliphatic heterocycles. The van der Waals surface area contributed by atoms with Gasteiger partial charge < -0.3 is 0 Å². The molecule has 4 nitrogen and oxygen atoms in total. The van der Waals surface area contributed by atoms with E-state index in [0.29, 0.717) is 10.6 Å². The zero-order chi connectivity index (χ0) is 17.3. The highest BCUT2D eigenvalue weighted by Gasteiger charge is 2.19. The van der Waals surface area contributed by atoms with Crippen molar-refractivity contribution in [1.29, 1.82) is 0 Å². The van der Waals surface area contributed by atoms with Crippen LogP contribution in [0.25, 0.3) is 9.88 Å². The monoisotopic (exact) mass is 398 g/mol. The fourth-order valence-electron chi connectivity index (χ4n) is 2.20. The second-order valence-corrected chi connectivity index (χ2v) is 9.44. The summed E-state index contributed by atoms with van der Waals surface area (Å²) in [6, 6.07) is 8.82. The average molecular weight is 399 g/mol. The van der Waals surface area contributed by atoms with Crippen molar-refractivity contribution in [2.75, 3.05) is 0 Å². The van der Waals surface area contributed by atoms with E-state index in [-0.39, 0.29) is 11.4 Å². The van der Waals surface area contributed by atoms with Gasteiger partial charge in [-0.3, -0.25) is 0 Å². The van der Waals surface area contributed by atoms with Gasteiger partial charge in [-0.25, -0.2) is 18.1 Å². The molecule has 0 fully saturated rings. The van der Waals surface area contributed by atoms with Crippen molar-refractivity contribution < 1.29 is 8.42 Å². The van der Waals surface area contributed by atoms with Crippen molar-refractivity contribution in [1.82, 2.24) is 9.71 Å². The number of thiophene rings is 1. The van der Waals surface area contributed by atoms with E-state index in [4.69, 9.17) is 11.6 Å². The summed E-state index contributed by atoms with van der Waals surface area (Å²) in [6.07, 6.45) is 0. The highest BCUT2D eigenvalue weighted by molar-refractivity contribution is 7.89. The van der Waals surface area contributed by atoms with Crippen LogP contribution >= 0.6 is 34.3 Å². The van der Waals surface area contributed by atoms with Crippen molar-refractivity contribution >= 4 is 44.3 Å². The molecule has 2 heterocycles. The van der Waals surface area contributed by atoms with Gasteiger partial charge >= 0.3 is 0 Å². The molecule has 3 aromatic rings. The largest absolute Gasteiger partial charge is 0.241 e. The van der Waals surface area contributed by atoms with E-state index in [9.17, 15) is 8.42 Å². The number of sulfonamides is 1. The van der Waals surface area contributed by atoms with Crippen molar-refractivity contribution in [2.24, 2.45) is 0 Å². The van der Waals surface area contributed by atoms with Crippen LogP contribution in [0.3, 0.4) is 0 Å². The van der Waals surface area contributed by atoms with Crippen LogP contribution in [0.5, 0.6) is 0 Å². The first kappa shape index (κ1) is 17.6. The summed E-state index contributed by atoms with van der Waals surface area (Å²) in [7, 11) is -3.63. The number of nitrogens with zero attached hydrogens (tertiary/aromatic N) is 1. The van der Waals surface area contributed by atoms with E-state index in [1.54, 1.807) is 30.4 Å². The van der Waals surface area contributed by atoms with Crippen LogP contribution in [-0.2, 0) is 16.6 Å². The maximum atomic E-state index is 12.5. The number of hydrogen-bond acceptors (Lipinski definition) is 5. The van der Waals surface area contributed by atoms with Crippen molar-refractivity contribution in [2.45, 2.75) is 25.3 Å². The number of rotatable bonds is 5. The molecular formula is C16H15ClN2O2S3. The van der Waals surface area contributed by atoms with E-state index in [1.807, 2.05) is 24.4 Å². The molecule has 2 aromatic heterocycles. The summed E-state index contributed by atoms with van der Waals surface area (Å²) < 4.78 is 27.7. The van der Waals surface area contributed by atoms with Gasteiger partial charge in [-0.05, 0) is 43.0 Å². The van der Waals surface area contributed by atoms with Gasteiger partial charge in [0.1, 0.15) is 5.01 Å². The second kappa shape index (κ2) is 6.93. The molecule has 8 heteroatoms. The van der Waals surface area contributed by atoms with Gasteiger partial charge in [0.05, 0.1) is 15.5 Å². The first-order chi connectivity index (χ1) is 11.4. The Morgan fingerprint density at radius 3 is 2.75 bits per heavy atom. The first-order valence-electron chi connectivity index (χ1n) is 7.13. The molecule has 0 saturated heterocycles. The SMILES string of the molecule is Cc1ccc(Cl)cc1S(=O)(=O)NCc1sc(-c2cccs2)nc1C. The molecule has 3 rings (SSSR count). The maximum Gasteiger partial charge on any atom is 0.241 e. The van der Waals surface area contributed by atoms with Crippen molar-refractivity contribution in [3.05, 3.63) is 56.9 Å². The molecule has 126 valence electrons. The lowest BCUT2D eigenvalue weighted by Gasteiger charge is -2.09. The highest BCUT2D eigenvalue weighted by atomic mass is 35.5. The van der Waals surface area contributed by atoms with Crippen LogP contribution in [-0.4, -0.2) is 13.4 Å². The summed E-state index contributed by atoms with van der Waals surface area (Å²) in [4.78, 5) is 6.73. The predicted octanol–water partition coefficient (Wildman–Crippen LogP) is 4.62. The van der Waals surface area contributed by atoms with Crippen LogP contribution in [0.4, 0.5) is 0 Å². The van der Waals surface area contributed by atoms with Gasteiger partial charge in [0.25, 0.3) is 0 Å². The molecule has 0 spiro atoms. The Balaban J connectivity index is 1.81. The summed E-state index contributed by atoms with van der Waals surface area (Å²) in [5.41, 5.74) is 1.50. The molecule has 0 bridgehead atoms. The standard InChI is InChI=1S/C16H15ClN2O2S3/c1-10-5-6-12(17)8-15(10)24(20,21)18-9-14-11(2)19-16(23-14)13-4-3-7-22-13/h3-8,18H,9H2,1-2H3. The summed E-state index contributed by atoms with van der Waals surface area (Å²) in [5.74, 6) is 0. The third-order valence-corrected chi connectivity index (χ3v) is 7.46. The van der Waals surface area contributed by atoms with E-state index in [0.717, 1.165) is 20.5 Å². The quantitative estimate of drug-likeness (QED) is 0.682. The Morgan fingerprint density at radius 1 is 1.25 bits per heavy atom. The molecule has 1 aromatic carbocycles. The minimum Gasteiger partial charge on any atom is -0.240 e. The maximum absolute atomic E-state index is 12.5. The molecule has 0 atom stereocenters. The molecule has 0 unspecified atom stereocenters. The number of aromatic nitrogens is 1. The van der Waals surface area contributed by atoms with E-state index < -0.39 is 10.0 Å². The first-order valence-corrected chi connectivity index (χ1v) is 10.7. The van der Waals surface area contributed by atoms with E-state index in [1.165, 1.54) is 17.4 Å². The molecule has 0 saturated carbocycles. The van der Waals surface area contributed by atoms with Crippen LogP contribution in [0, 0.1) is 13.8 Å². The minimum absolute atomic E-state index is 0.204. The molecule has 0 amide bonds. The number of aryl methyl sites for hydroxylation is 2. The Kier molecular flexibility index (Phi) is 5.08. The van der Waals surface area contributed by atoms with E-state index in [2.05, 4.69) is 9.71 Å². The lowest BCUT2D eigenvalue weighted by atomic mass is 10.2. The van der Waals surface area contributed by atoms with Crippen molar-refractivity contribution in [3.63, 3.8) is 0 Å². The molecule has 0 radical (unpaired) electrons.